The van der Waals surface area contributed by atoms with Gasteiger partial charge in [0.05, 0.1) is 18.4 Å². The van der Waals surface area contributed by atoms with Crippen molar-refractivity contribution in [2.45, 2.75) is 6.92 Å². The molecule has 1 aliphatic rings. The van der Waals surface area contributed by atoms with Gasteiger partial charge in [-0.05, 0) is 48.9 Å². The molecular weight excluding hydrogens is 384 g/mol. The van der Waals surface area contributed by atoms with Crippen LogP contribution in [0.4, 0.5) is 10.5 Å². The molecule has 1 N–H and O–H groups in total. The Bertz CT molecular complexity index is 1180. The molecular formula is C23H18N2O5. The molecule has 1 aliphatic heterocycles. The number of benzene rings is 2. The molecule has 0 spiro atoms. The van der Waals surface area contributed by atoms with Crippen LogP contribution in [-0.4, -0.2) is 25.0 Å². The van der Waals surface area contributed by atoms with Gasteiger partial charge in [-0.1, -0.05) is 24.3 Å². The summed E-state index contributed by atoms with van der Waals surface area (Å²) in [4.78, 5) is 37.7. The second kappa shape index (κ2) is 7.71. The molecule has 30 heavy (non-hydrogen) atoms. The Morgan fingerprint density at radius 3 is 2.53 bits per heavy atom. The summed E-state index contributed by atoms with van der Waals surface area (Å²) in [6, 6.07) is 16.8. The zero-order valence-electron chi connectivity index (χ0n) is 16.3. The monoisotopic (exact) mass is 402 g/mol. The van der Waals surface area contributed by atoms with Crippen molar-refractivity contribution in [3.05, 3.63) is 83.2 Å². The summed E-state index contributed by atoms with van der Waals surface area (Å²) < 4.78 is 10.6. The molecule has 0 radical (unpaired) electrons. The number of nitrogens with one attached hydrogen (secondary N) is 1. The Kier molecular flexibility index (Phi) is 4.93. The van der Waals surface area contributed by atoms with E-state index in [1.807, 2.05) is 13.0 Å². The minimum atomic E-state index is -0.515. The van der Waals surface area contributed by atoms with Gasteiger partial charge in [-0.15, -0.1) is 0 Å². The number of aryl methyl sites for hydroxylation is 1. The molecule has 1 saturated heterocycles. The van der Waals surface area contributed by atoms with Crippen molar-refractivity contribution in [2.75, 3.05) is 12.0 Å². The predicted octanol–water partition coefficient (Wildman–Crippen LogP) is 4.14. The number of esters is 1. The van der Waals surface area contributed by atoms with E-state index >= 15 is 0 Å². The largest absolute Gasteiger partial charge is 0.465 e. The first kappa shape index (κ1) is 19.2. The standard InChI is InChI=1S/C23H18N2O5/c1-14-12-15(22(27)29-2)8-10-18(14)20-11-9-17(30-20)13-19-21(26)25(23(28)24-19)16-6-4-3-5-7-16/h3-13H,1-2H3,(H,24,28)/b19-13+. The van der Waals surface area contributed by atoms with Crippen molar-refractivity contribution < 1.29 is 23.5 Å². The van der Waals surface area contributed by atoms with Gasteiger partial charge in [0.1, 0.15) is 17.2 Å². The molecule has 3 aromatic rings. The number of imide groups is 1. The second-order valence-electron chi connectivity index (χ2n) is 6.69. The van der Waals surface area contributed by atoms with Gasteiger partial charge in [-0.25, -0.2) is 14.5 Å². The summed E-state index contributed by atoms with van der Waals surface area (Å²) in [5.74, 6) is 0.128. The number of para-hydroxylation sites is 1. The summed E-state index contributed by atoms with van der Waals surface area (Å²) >= 11 is 0. The van der Waals surface area contributed by atoms with E-state index in [9.17, 15) is 14.4 Å². The van der Waals surface area contributed by atoms with Crippen LogP contribution in [0.1, 0.15) is 21.7 Å². The van der Waals surface area contributed by atoms with Crippen molar-refractivity contribution in [3.8, 4) is 11.3 Å². The van der Waals surface area contributed by atoms with Crippen LogP contribution >= 0.6 is 0 Å². The second-order valence-corrected chi connectivity index (χ2v) is 6.69. The van der Waals surface area contributed by atoms with E-state index < -0.39 is 17.9 Å². The number of carbonyl (C=O) groups is 3. The van der Waals surface area contributed by atoms with Gasteiger partial charge < -0.3 is 14.5 Å². The molecule has 150 valence electrons. The first-order valence-corrected chi connectivity index (χ1v) is 9.19. The average Bonchev–Trinajstić information content (AvgIpc) is 3.32. The molecule has 1 fully saturated rings. The van der Waals surface area contributed by atoms with Gasteiger partial charge in [0, 0.05) is 11.6 Å². The summed E-state index contributed by atoms with van der Waals surface area (Å²) in [6.45, 7) is 1.86. The van der Waals surface area contributed by atoms with Gasteiger partial charge in [0.25, 0.3) is 5.91 Å². The number of anilines is 1. The van der Waals surface area contributed by atoms with Crippen molar-refractivity contribution in [1.29, 1.82) is 0 Å². The number of amides is 3. The molecule has 1 aromatic heterocycles. The number of ether oxygens (including phenoxy) is 1. The number of methoxy groups -OCH3 is 1. The van der Waals surface area contributed by atoms with Crippen LogP contribution in [0.25, 0.3) is 17.4 Å². The lowest BCUT2D eigenvalue weighted by Gasteiger charge is -2.10. The third kappa shape index (κ3) is 3.48. The number of rotatable bonds is 4. The zero-order chi connectivity index (χ0) is 21.3. The molecule has 2 heterocycles. The van der Waals surface area contributed by atoms with Crippen LogP contribution in [0.3, 0.4) is 0 Å². The first-order chi connectivity index (χ1) is 14.5. The van der Waals surface area contributed by atoms with Crippen molar-refractivity contribution in [2.24, 2.45) is 0 Å². The maximum atomic E-state index is 12.7. The van der Waals surface area contributed by atoms with Gasteiger partial charge in [0.2, 0.25) is 0 Å². The topological polar surface area (TPSA) is 88.9 Å². The fourth-order valence-corrected chi connectivity index (χ4v) is 3.25. The summed E-state index contributed by atoms with van der Waals surface area (Å²) in [5, 5.41) is 2.57. The fraction of sp³-hybridized carbons (Fsp3) is 0.0870. The highest BCUT2D eigenvalue weighted by Crippen LogP contribution is 2.28. The third-order valence-electron chi connectivity index (χ3n) is 4.72. The molecule has 7 heteroatoms. The lowest BCUT2D eigenvalue weighted by atomic mass is 10.0. The molecule has 0 bridgehead atoms. The number of hydrogen-bond acceptors (Lipinski definition) is 5. The fourth-order valence-electron chi connectivity index (χ4n) is 3.25. The zero-order valence-corrected chi connectivity index (χ0v) is 16.3. The molecule has 4 rings (SSSR count). The minimum absolute atomic E-state index is 0.127. The van der Waals surface area contributed by atoms with E-state index in [1.165, 1.54) is 13.2 Å². The molecule has 0 atom stereocenters. The Balaban J connectivity index is 1.59. The quantitative estimate of drug-likeness (QED) is 0.403. The van der Waals surface area contributed by atoms with Crippen LogP contribution in [0, 0.1) is 6.92 Å². The highest BCUT2D eigenvalue weighted by molar-refractivity contribution is 6.28. The maximum absolute atomic E-state index is 12.7. The SMILES string of the molecule is COC(=O)c1ccc(-c2ccc(/C=C3/NC(=O)N(c4ccccc4)C3=O)o2)c(C)c1. The lowest BCUT2D eigenvalue weighted by molar-refractivity contribution is -0.113. The maximum Gasteiger partial charge on any atom is 0.337 e. The number of carbonyl (C=O) groups excluding carboxylic acids is 3. The van der Waals surface area contributed by atoms with Gasteiger partial charge in [-0.3, -0.25) is 4.79 Å². The molecule has 0 unspecified atom stereocenters. The highest BCUT2D eigenvalue weighted by Gasteiger charge is 2.34. The van der Waals surface area contributed by atoms with Gasteiger partial charge >= 0.3 is 12.0 Å². The van der Waals surface area contributed by atoms with Crippen molar-refractivity contribution in [1.82, 2.24) is 5.32 Å². The molecule has 0 aliphatic carbocycles. The third-order valence-corrected chi connectivity index (χ3v) is 4.72. The van der Waals surface area contributed by atoms with E-state index in [0.717, 1.165) is 16.0 Å². The lowest BCUT2D eigenvalue weighted by Crippen LogP contribution is -2.30. The Hall–Kier alpha value is -4.13. The van der Waals surface area contributed by atoms with E-state index in [2.05, 4.69) is 5.32 Å². The van der Waals surface area contributed by atoms with Gasteiger partial charge in [0.15, 0.2) is 0 Å². The van der Waals surface area contributed by atoms with E-state index in [0.29, 0.717) is 22.8 Å². The predicted molar refractivity (Wildman–Crippen MR) is 111 cm³/mol. The van der Waals surface area contributed by atoms with Crippen LogP contribution < -0.4 is 10.2 Å². The summed E-state index contributed by atoms with van der Waals surface area (Å²) in [5.41, 5.74) is 2.72. The normalized spacial score (nSPS) is 14.9. The number of urea groups is 1. The average molecular weight is 402 g/mol. The van der Waals surface area contributed by atoms with Crippen LogP contribution in [0.2, 0.25) is 0 Å². The molecule has 7 nitrogen and oxygen atoms in total. The minimum Gasteiger partial charge on any atom is -0.465 e. The molecule has 2 aromatic carbocycles. The van der Waals surface area contributed by atoms with Crippen LogP contribution in [0.5, 0.6) is 0 Å². The number of hydrogen-bond donors (Lipinski definition) is 1. The van der Waals surface area contributed by atoms with E-state index in [-0.39, 0.29) is 5.70 Å². The highest BCUT2D eigenvalue weighted by atomic mass is 16.5. The van der Waals surface area contributed by atoms with E-state index in [1.54, 1.807) is 54.6 Å². The Labute approximate surface area is 172 Å². The molecule has 3 amide bonds. The Morgan fingerprint density at radius 2 is 1.83 bits per heavy atom. The van der Waals surface area contributed by atoms with Crippen LogP contribution in [0.15, 0.2) is 70.8 Å². The smallest absolute Gasteiger partial charge is 0.337 e. The summed E-state index contributed by atoms with van der Waals surface area (Å²) in [6.07, 6.45) is 1.49. The number of furan rings is 1. The van der Waals surface area contributed by atoms with Crippen molar-refractivity contribution in [3.63, 3.8) is 0 Å². The van der Waals surface area contributed by atoms with Crippen molar-refractivity contribution >= 4 is 29.7 Å². The van der Waals surface area contributed by atoms with Gasteiger partial charge in [-0.2, -0.15) is 0 Å². The Morgan fingerprint density at radius 1 is 1.07 bits per heavy atom. The van der Waals surface area contributed by atoms with Crippen LogP contribution in [-0.2, 0) is 9.53 Å². The van der Waals surface area contributed by atoms with E-state index in [4.69, 9.17) is 9.15 Å². The molecule has 0 saturated carbocycles. The summed E-state index contributed by atoms with van der Waals surface area (Å²) in [7, 11) is 1.33. The number of nitrogens with zero attached hydrogens (tertiary/aromatic N) is 1. The first-order valence-electron chi connectivity index (χ1n) is 9.19.